The van der Waals surface area contributed by atoms with Crippen LogP contribution in [0.15, 0.2) is 35.2 Å². The Morgan fingerprint density at radius 2 is 1.79 bits per heavy atom. The van der Waals surface area contributed by atoms with Gasteiger partial charge in [0.1, 0.15) is 0 Å². The molecule has 0 heterocycles. The minimum atomic E-state index is -4.77. The zero-order valence-corrected chi connectivity index (χ0v) is 8.39. The quantitative estimate of drug-likeness (QED) is 0.757. The molecule has 0 atom stereocenters. The summed E-state index contributed by atoms with van der Waals surface area (Å²) in [5.41, 5.74) is 0. The minimum Gasteiger partial charge on any atom is -0.192 e. The molecule has 0 radical (unpaired) electrons. The average molecular weight is 240 g/mol. The molecule has 1 aromatic carbocycles. The minimum absolute atomic E-state index is 0.388. The largest absolute Gasteiger partial charge is 0.362 e. The van der Waals surface area contributed by atoms with Gasteiger partial charge in [-0.05, 0) is 12.1 Å². The zero-order valence-electron chi connectivity index (χ0n) is 6.76. The summed E-state index contributed by atoms with van der Waals surface area (Å²) in [4.78, 5) is 0.441. The van der Waals surface area contributed by atoms with Gasteiger partial charge >= 0.3 is 15.9 Å². The van der Waals surface area contributed by atoms with E-state index in [1.54, 1.807) is 30.3 Å². The van der Waals surface area contributed by atoms with E-state index < -0.39 is 15.9 Å². The zero-order chi connectivity index (χ0) is 10.6. The molecule has 0 aliphatic heterocycles. The van der Waals surface area contributed by atoms with E-state index in [4.69, 9.17) is 0 Å². The molecular weight excluding hydrogens is 234 g/mol. The molecule has 78 valence electrons. The summed E-state index contributed by atoms with van der Waals surface area (Å²) in [5.74, 6) is -3.52. The van der Waals surface area contributed by atoms with E-state index in [-0.39, 0.29) is 0 Å². The fraction of sp³-hybridized carbons (Fsp3) is 0.143. The van der Waals surface area contributed by atoms with Crippen molar-refractivity contribution in [3.8, 4) is 0 Å². The van der Waals surface area contributed by atoms with Gasteiger partial charge in [-0.25, -0.2) is 0 Å². The van der Waals surface area contributed by atoms with Crippen LogP contribution in [0, 0.1) is 0 Å². The maximum Gasteiger partial charge on any atom is 0.362 e. The molecular formula is C7H6F2O3S2. The van der Waals surface area contributed by atoms with E-state index in [2.05, 4.69) is 3.63 Å². The molecule has 0 bridgehead atoms. The molecule has 0 N–H and O–H groups in total. The standard InChI is InChI=1S/C7H6F2O3S2/c8-7(9)14(10,11)12-13-6-4-2-1-3-5-6/h1-5,7H. The van der Waals surface area contributed by atoms with Crippen molar-refractivity contribution in [2.75, 3.05) is 0 Å². The van der Waals surface area contributed by atoms with Crippen molar-refractivity contribution in [3.63, 3.8) is 0 Å². The third-order valence-corrected chi connectivity index (χ3v) is 3.12. The number of benzene rings is 1. The van der Waals surface area contributed by atoms with Gasteiger partial charge in [-0.1, -0.05) is 18.2 Å². The molecule has 0 amide bonds. The Labute approximate surface area is 84.4 Å². The lowest BCUT2D eigenvalue weighted by Crippen LogP contribution is -2.10. The summed E-state index contributed by atoms with van der Waals surface area (Å²) < 4.78 is 48.6. The van der Waals surface area contributed by atoms with Crippen LogP contribution in [0.25, 0.3) is 0 Å². The van der Waals surface area contributed by atoms with Gasteiger partial charge in [0.25, 0.3) is 0 Å². The molecule has 0 saturated carbocycles. The van der Waals surface area contributed by atoms with Gasteiger partial charge in [-0.3, -0.25) is 0 Å². The normalized spacial score (nSPS) is 11.9. The van der Waals surface area contributed by atoms with Crippen LogP contribution in [0.3, 0.4) is 0 Å². The van der Waals surface area contributed by atoms with Crippen molar-refractivity contribution in [3.05, 3.63) is 30.3 Å². The molecule has 1 aromatic rings. The van der Waals surface area contributed by atoms with Crippen LogP contribution in [-0.2, 0) is 13.7 Å². The van der Waals surface area contributed by atoms with Gasteiger partial charge in [0.05, 0.1) is 0 Å². The maximum absolute atomic E-state index is 11.8. The van der Waals surface area contributed by atoms with Gasteiger partial charge in [0.2, 0.25) is 0 Å². The number of rotatable bonds is 4. The van der Waals surface area contributed by atoms with Crippen LogP contribution in [0.4, 0.5) is 8.78 Å². The predicted molar refractivity (Wildman–Crippen MR) is 48.3 cm³/mol. The molecule has 0 aliphatic carbocycles. The highest BCUT2D eigenvalue weighted by Gasteiger charge is 2.25. The lowest BCUT2D eigenvalue weighted by molar-refractivity contribution is 0.222. The first-order valence-corrected chi connectivity index (χ1v) is 5.67. The second kappa shape index (κ2) is 4.72. The first-order chi connectivity index (χ1) is 6.52. The van der Waals surface area contributed by atoms with Gasteiger partial charge in [-0.15, -0.1) is 0 Å². The highest BCUT2D eigenvalue weighted by molar-refractivity contribution is 8.04. The summed E-state index contributed by atoms with van der Waals surface area (Å²) in [5, 5.41) is 0. The number of hydrogen-bond acceptors (Lipinski definition) is 4. The number of alkyl halides is 2. The fourth-order valence-electron chi connectivity index (χ4n) is 0.592. The summed E-state index contributed by atoms with van der Waals surface area (Å²) in [6, 6.07) is 8.09. The highest BCUT2D eigenvalue weighted by Crippen LogP contribution is 2.23. The molecule has 1 rings (SSSR count). The van der Waals surface area contributed by atoms with Crippen LogP contribution in [0.1, 0.15) is 0 Å². The summed E-state index contributed by atoms with van der Waals surface area (Å²) in [6.07, 6.45) is 0. The Bertz CT molecular complexity index is 377. The van der Waals surface area contributed by atoms with E-state index >= 15 is 0 Å². The molecule has 0 aromatic heterocycles. The highest BCUT2D eigenvalue weighted by atomic mass is 32.3. The third-order valence-electron chi connectivity index (χ3n) is 1.19. The first-order valence-electron chi connectivity index (χ1n) is 3.45. The monoisotopic (exact) mass is 240 g/mol. The topological polar surface area (TPSA) is 43.4 Å². The Balaban J connectivity index is 2.58. The smallest absolute Gasteiger partial charge is 0.192 e. The van der Waals surface area contributed by atoms with Crippen LogP contribution >= 0.6 is 12.0 Å². The van der Waals surface area contributed by atoms with Crippen LogP contribution in [-0.4, -0.2) is 14.2 Å². The van der Waals surface area contributed by atoms with Crippen molar-refractivity contribution < 1.29 is 20.8 Å². The lowest BCUT2D eigenvalue weighted by Gasteiger charge is -2.01. The molecule has 0 fully saturated rings. The van der Waals surface area contributed by atoms with Crippen molar-refractivity contribution in [1.29, 1.82) is 0 Å². The summed E-state index contributed by atoms with van der Waals surface area (Å²) >= 11 is 0.388. The Morgan fingerprint density at radius 1 is 1.21 bits per heavy atom. The lowest BCUT2D eigenvalue weighted by atomic mass is 10.4. The molecule has 3 nitrogen and oxygen atoms in total. The Hall–Kier alpha value is -0.660. The Kier molecular flexibility index (Phi) is 3.85. The van der Waals surface area contributed by atoms with Gasteiger partial charge in [0, 0.05) is 16.9 Å². The fourth-order valence-corrected chi connectivity index (χ4v) is 1.79. The summed E-state index contributed by atoms with van der Waals surface area (Å²) in [6.45, 7) is 0. The van der Waals surface area contributed by atoms with Gasteiger partial charge < -0.3 is 0 Å². The molecule has 0 aliphatic rings. The predicted octanol–water partition coefficient (Wildman–Crippen LogP) is 2.26. The molecule has 0 unspecified atom stereocenters. The van der Waals surface area contributed by atoms with Gasteiger partial charge in [0.15, 0.2) is 0 Å². The van der Waals surface area contributed by atoms with E-state index in [1.807, 2.05) is 0 Å². The van der Waals surface area contributed by atoms with Gasteiger partial charge in [-0.2, -0.15) is 20.8 Å². The second-order valence-corrected chi connectivity index (χ2v) is 4.74. The Morgan fingerprint density at radius 3 is 2.29 bits per heavy atom. The second-order valence-electron chi connectivity index (χ2n) is 2.22. The first kappa shape index (κ1) is 11.4. The summed E-state index contributed by atoms with van der Waals surface area (Å²) in [7, 11) is -4.77. The van der Waals surface area contributed by atoms with E-state index in [0.29, 0.717) is 16.9 Å². The van der Waals surface area contributed by atoms with Crippen LogP contribution in [0.5, 0.6) is 0 Å². The number of hydrogen-bond donors (Lipinski definition) is 0. The number of halogens is 2. The van der Waals surface area contributed by atoms with Crippen molar-refractivity contribution in [1.82, 2.24) is 0 Å². The average Bonchev–Trinajstić information content (AvgIpc) is 2.16. The van der Waals surface area contributed by atoms with E-state index in [1.165, 1.54) is 0 Å². The third kappa shape index (κ3) is 3.24. The van der Waals surface area contributed by atoms with Crippen molar-refractivity contribution >= 4 is 22.2 Å². The van der Waals surface area contributed by atoms with E-state index in [9.17, 15) is 17.2 Å². The molecule has 0 saturated heterocycles. The van der Waals surface area contributed by atoms with Crippen molar-refractivity contribution in [2.45, 2.75) is 10.7 Å². The molecule has 0 spiro atoms. The maximum atomic E-state index is 11.8. The molecule has 14 heavy (non-hydrogen) atoms. The van der Waals surface area contributed by atoms with Crippen LogP contribution < -0.4 is 0 Å². The van der Waals surface area contributed by atoms with Crippen LogP contribution in [0.2, 0.25) is 0 Å². The van der Waals surface area contributed by atoms with Crippen molar-refractivity contribution in [2.24, 2.45) is 0 Å². The van der Waals surface area contributed by atoms with E-state index in [0.717, 1.165) is 0 Å². The molecule has 7 heteroatoms. The SMILES string of the molecule is O=S(=O)(OSc1ccccc1)C(F)F.